The summed E-state index contributed by atoms with van der Waals surface area (Å²) in [7, 11) is 0. The zero-order valence-corrected chi connectivity index (χ0v) is 15.2. The number of benzene rings is 1. The average molecular weight is 393 g/mol. The van der Waals surface area contributed by atoms with Gasteiger partial charge in [0.15, 0.2) is 0 Å². The maximum atomic E-state index is 12.2. The van der Waals surface area contributed by atoms with Crippen molar-refractivity contribution in [2.45, 2.75) is 13.5 Å². The Morgan fingerprint density at radius 1 is 1.27 bits per heavy atom. The highest BCUT2D eigenvalue weighted by atomic mass is 35.5. The lowest BCUT2D eigenvalue weighted by atomic mass is 10.2. The van der Waals surface area contributed by atoms with Crippen molar-refractivity contribution in [3.8, 4) is 17.3 Å². The molecule has 0 fully saturated rings. The van der Waals surface area contributed by atoms with Crippen LogP contribution in [0.2, 0.25) is 10.0 Å². The van der Waals surface area contributed by atoms with Crippen LogP contribution in [0.5, 0.6) is 5.88 Å². The summed E-state index contributed by atoms with van der Waals surface area (Å²) in [5.41, 5.74) is 0.947. The molecule has 26 heavy (non-hydrogen) atoms. The molecule has 0 radical (unpaired) electrons. The van der Waals surface area contributed by atoms with Gasteiger partial charge in [0.1, 0.15) is 0 Å². The molecule has 0 atom stereocenters. The molecule has 7 nitrogen and oxygen atoms in total. The van der Waals surface area contributed by atoms with E-state index in [1.807, 2.05) is 6.92 Å². The van der Waals surface area contributed by atoms with Crippen molar-refractivity contribution in [2.75, 3.05) is 6.61 Å². The van der Waals surface area contributed by atoms with Crippen molar-refractivity contribution in [1.29, 1.82) is 0 Å². The molecule has 1 aromatic carbocycles. The number of nitrogens with one attached hydrogen (secondary N) is 1. The van der Waals surface area contributed by atoms with E-state index in [0.29, 0.717) is 28.9 Å². The normalized spacial score (nSPS) is 10.6. The molecule has 3 rings (SSSR count). The maximum absolute atomic E-state index is 12.2. The van der Waals surface area contributed by atoms with E-state index in [9.17, 15) is 4.79 Å². The lowest BCUT2D eigenvalue weighted by Gasteiger charge is -2.05. The second-order valence-electron chi connectivity index (χ2n) is 5.11. The zero-order chi connectivity index (χ0) is 18.5. The van der Waals surface area contributed by atoms with Crippen molar-refractivity contribution < 1.29 is 14.1 Å². The van der Waals surface area contributed by atoms with Gasteiger partial charge in [0.25, 0.3) is 5.91 Å². The summed E-state index contributed by atoms with van der Waals surface area (Å²) < 4.78 is 10.4. The van der Waals surface area contributed by atoms with Gasteiger partial charge in [-0.3, -0.25) is 4.79 Å². The average Bonchev–Trinajstić information content (AvgIpc) is 3.12. The zero-order valence-electron chi connectivity index (χ0n) is 13.7. The van der Waals surface area contributed by atoms with E-state index in [0.717, 1.165) is 0 Å². The molecule has 3 aromatic rings. The number of amides is 1. The van der Waals surface area contributed by atoms with E-state index < -0.39 is 0 Å². The summed E-state index contributed by atoms with van der Waals surface area (Å²) in [6.07, 6.45) is 1.59. The largest absolute Gasteiger partial charge is 0.478 e. The fourth-order valence-electron chi connectivity index (χ4n) is 2.12. The Morgan fingerprint density at radius 3 is 2.85 bits per heavy atom. The second kappa shape index (κ2) is 8.16. The number of hydrogen-bond donors (Lipinski definition) is 1. The van der Waals surface area contributed by atoms with Crippen LogP contribution in [0.25, 0.3) is 11.4 Å². The molecular formula is C17H14Cl2N4O3. The van der Waals surface area contributed by atoms with Gasteiger partial charge in [0.05, 0.1) is 28.8 Å². The Labute approximate surface area is 159 Å². The highest BCUT2D eigenvalue weighted by Crippen LogP contribution is 2.25. The molecular weight excluding hydrogens is 379 g/mol. The summed E-state index contributed by atoms with van der Waals surface area (Å²) in [5, 5.41) is 7.04. The first-order chi connectivity index (χ1) is 12.6. The minimum Gasteiger partial charge on any atom is -0.478 e. The van der Waals surface area contributed by atoms with Gasteiger partial charge in [-0.15, -0.1) is 0 Å². The Hall–Kier alpha value is -2.64. The number of carbonyl (C=O) groups is 1. The SMILES string of the molecule is CCOc1ccc(-c2noc(CNC(=O)c3cccc(Cl)c3Cl)n2)cn1. The lowest BCUT2D eigenvalue weighted by molar-refractivity contribution is 0.0946. The van der Waals surface area contributed by atoms with Gasteiger partial charge < -0.3 is 14.6 Å². The van der Waals surface area contributed by atoms with Crippen LogP contribution < -0.4 is 10.1 Å². The highest BCUT2D eigenvalue weighted by molar-refractivity contribution is 6.43. The molecule has 0 unspecified atom stereocenters. The van der Waals surface area contributed by atoms with Gasteiger partial charge in [0, 0.05) is 17.8 Å². The van der Waals surface area contributed by atoms with E-state index >= 15 is 0 Å². The molecule has 0 spiro atoms. The molecule has 0 aliphatic heterocycles. The van der Waals surface area contributed by atoms with E-state index in [1.165, 1.54) is 0 Å². The third-order valence-corrected chi connectivity index (χ3v) is 4.17. The Bertz CT molecular complexity index is 913. The Kier molecular flexibility index (Phi) is 5.70. The highest BCUT2D eigenvalue weighted by Gasteiger charge is 2.14. The van der Waals surface area contributed by atoms with E-state index in [1.54, 1.807) is 36.5 Å². The van der Waals surface area contributed by atoms with Gasteiger partial charge in [-0.25, -0.2) is 4.98 Å². The van der Waals surface area contributed by atoms with Crippen LogP contribution in [-0.2, 0) is 6.54 Å². The molecule has 1 amide bonds. The van der Waals surface area contributed by atoms with E-state index in [4.69, 9.17) is 32.5 Å². The van der Waals surface area contributed by atoms with Crippen LogP contribution in [0.1, 0.15) is 23.2 Å². The first kappa shape index (κ1) is 18.2. The van der Waals surface area contributed by atoms with Gasteiger partial charge in [0.2, 0.25) is 17.6 Å². The fraction of sp³-hybridized carbons (Fsp3) is 0.176. The van der Waals surface area contributed by atoms with Crippen LogP contribution in [0.3, 0.4) is 0 Å². The van der Waals surface area contributed by atoms with Crippen LogP contribution in [-0.4, -0.2) is 27.6 Å². The predicted molar refractivity (Wildman–Crippen MR) is 96.3 cm³/mol. The van der Waals surface area contributed by atoms with Crippen molar-refractivity contribution >= 4 is 29.1 Å². The molecule has 0 aliphatic rings. The topological polar surface area (TPSA) is 90.1 Å². The standard InChI is InChI=1S/C17H14Cl2N4O3/c1-2-25-13-7-6-10(8-20-13)16-22-14(26-23-16)9-21-17(24)11-4-3-5-12(18)15(11)19/h3-8H,2,9H2,1H3,(H,21,24). The number of nitrogens with zero attached hydrogens (tertiary/aromatic N) is 3. The maximum Gasteiger partial charge on any atom is 0.253 e. The lowest BCUT2D eigenvalue weighted by Crippen LogP contribution is -2.23. The van der Waals surface area contributed by atoms with Gasteiger partial charge in [-0.2, -0.15) is 4.98 Å². The van der Waals surface area contributed by atoms with Crippen LogP contribution in [0, 0.1) is 0 Å². The number of hydrogen-bond acceptors (Lipinski definition) is 6. The first-order valence-electron chi connectivity index (χ1n) is 7.72. The smallest absolute Gasteiger partial charge is 0.253 e. The van der Waals surface area contributed by atoms with Crippen LogP contribution in [0.4, 0.5) is 0 Å². The van der Waals surface area contributed by atoms with Crippen molar-refractivity contribution in [3.63, 3.8) is 0 Å². The molecule has 0 bridgehead atoms. The summed E-state index contributed by atoms with van der Waals surface area (Å²) >= 11 is 11.9. The van der Waals surface area contributed by atoms with Crippen LogP contribution in [0.15, 0.2) is 41.1 Å². The summed E-state index contributed by atoms with van der Waals surface area (Å²) in [6, 6.07) is 8.33. The van der Waals surface area contributed by atoms with Gasteiger partial charge in [-0.1, -0.05) is 34.4 Å². The first-order valence-corrected chi connectivity index (χ1v) is 8.48. The van der Waals surface area contributed by atoms with E-state index in [-0.39, 0.29) is 28.9 Å². The summed E-state index contributed by atoms with van der Waals surface area (Å²) in [4.78, 5) is 20.6. The summed E-state index contributed by atoms with van der Waals surface area (Å²) in [6.45, 7) is 2.47. The monoisotopic (exact) mass is 392 g/mol. The molecule has 134 valence electrons. The molecule has 2 heterocycles. The number of rotatable bonds is 6. The molecule has 0 aliphatic carbocycles. The molecule has 0 saturated carbocycles. The van der Waals surface area contributed by atoms with Gasteiger partial charge in [-0.05, 0) is 25.1 Å². The minimum absolute atomic E-state index is 0.0547. The molecule has 1 N–H and O–H groups in total. The van der Waals surface area contributed by atoms with Gasteiger partial charge >= 0.3 is 0 Å². The number of halogens is 2. The third-order valence-electron chi connectivity index (χ3n) is 3.35. The Morgan fingerprint density at radius 2 is 2.12 bits per heavy atom. The predicted octanol–water partition coefficient (Wildman–Crippen LogP) is 3.77. The summed E-state index contributed by atoms with van der Waals surface area (Å²) in [5.74, 6) is 0.747. The third kappa shape index (κ3) is 4.12. The molecule has 9 heteroatoms. The number of pyridine rings is 1. The fourth-order valence-corrected chi connectivity index (χ4v) is 2.51. The minimum atomic E-state index is -0.389. The molecule has 0 saturated heterocycles. The number of aromatic nitrogens is 3. The van der Waals surface area contributed by atoms with Crippen molar-refractivity contribution in [3.05, 3.63) is 58.0 Å². The Balaban J connectivity index is 1.65. The van der Waals surface area contributed by atoms with Crippen molar-refractivity contribution in [1.82, 2.24) is 20.4 Å². The van der Waals surface area contributed by atoms with Crippen molar-refractivity contribution in [2.24, 2.45) is 0 Å². The second-order valence-corrected chi connectivity index (χ2v) is 5.90. The number of ether oxygens (including phenoxy) is 1. The quantitative estimate of drug-likeness (QED) is 0.686. The van der Waals surface area contributed by atoms with E-state index in [2.05, 4.69) is 20.4 Å². The van der Waals surface area contributed by atoms with Crippen LogP contribution >= 0.6 is 23.2 Å². The number of carbonyl (C=O) groups excluding carboxylic acids is 1. The molecule has 2 aromatic heterocycles.